The summed E-state index contributed by atoms with van der Waals surface area (Å²) in [7, 11) is 0. The summed E-state index contributed by atoms with van der Waals surface area (Å²) >= 11 is 0. The molecule has 0 saturated carbocycles. The van der Waals surface area contributed by atoms with Crippen LogP contribution in [0.2, 0.25) is 0 Å². The Morgan fingerprint density at radius 2 is 0.509 bits per heavy atom. The van der Waals surface area contributed by atoms with Crippen molar-refractivity contribution in [3.8, 4) is 112 Å². The first-order valence-electron chi connectivity index (χ1n) is 36.4. The molecule has 17 aromatic carbocycles. The zero-order valence-corrected chi connectivity index (χ0v) is 56.9. The van der Waals surface area contributed by atoms with E-state index in [4.69, 9.17) is 28.8 Å². The minimum Gasteiger partial charge on any atom is -0.435 e. The van der Waals surface area contributed by atoms with Crippen LogP contribution in [0.4, 0.5) is 0 Å². The molecular formula is C100H56N4O2. The Bertz CT molecular complexity index is 7010. The fraction of sp³-hybridized carbons (Fsp3) is 0.0200. The Balaban J connectivity index is 0.755. The number of nitrogens with zero attached hydrogens (tertiary/aromatic N) is 4. The van der Waals surface area contributed by atoms with Crippen molar-refractivity contribution in [1.29, 1.82) is 0 Å². The third kappa shape index (κ3) is 7.63. The van der Waals surface area contributed by atoms with Gasteiger partial charge < -0.3 is 8.83 Å². The normalized spacial score (nSPS) is 13.6. The highest BCUT2D eigenvalue weighted by molar-refractivity contribution is 6.24. The molecule has 0 amide bonds. The van der Waals surface area contributed by atoms with Gasteiger partial charge in [-0.25, -0.2) is 19.9 Å². The highest BCUT2D eigenvalue weighted by Crippen LogP contribution is 2.65. The molecule has 0 saturated heterocycles. The van der Waals surface area contributed by atoms with E-state index < -0.39 is 10.8 Å². The number of rotatable bonds is 6. The lowest BCUT2D eigenvalue weighted by Crippen LogP contribution is -2.25. The van der Waals surface area contributed by atoms with Gasteiger partial charge in [0.25, 0.3) is 0 Å². The lowest BCUT2D eigenvalue weighted by Gasteiger charge is -2.31. The largest absolute Gasteiger partial charge is 0.435 e. The maximum absolute atomic E-state index is 6.90. The van der Waals surface area contributed by atoms with Crippen molar-refractivity contribution < 1.29 is 8.83 Å². The zero-order chi connectivity index (χ0) is 69.1. The second kappa shape index (κ2) is 21.3. The van der Waals surface area contributed by atoms with Crippen LogP contribution in [-0.4, -0.2) is 19.9 Å². The lowest BCUT2D eigenvalue weighted by atomic mass is 9.70. The van der Waals surface area contributed by atoms with Crippen molar-refractivity contribution in [2.45, 2.75) is 10.8 Å². The van der Waals surface area contributed by atoms with Crippen molar-refractivity contribution in [2.24, 2.45) is 0 Å². The van der Waals surface area contributed by atoms with Crippen molar-refractivity contribution in [3.05, 3.63) is 384 Å². The molecule has 0 atom stereocenters. The van der Waals surface area contributed by atoms with Crippen molar-refractivity contribution in [3.63, 3.8) is 0 Å². The van der Waals surface area contributed by atoms with Crippen LogP contribution in [0.5, 0.6) is 0 Å². The van der Waals surface area contributed by atoms with Gasteiger partial charge in [0, 0.05) is 54.7 Å². The Kier molecular flexibility index (Phi) is 11.6. The van der Waals surface area contributed by atoms with E-state index in [1.807, 2.05) is 0 Å². The number of aromatic nitrogens is 4. The van der Waals surface area contributed by atoms with Crippen molar-refractivity contribution >= 4 is 76.2 Å². The quantitative estimate of drug-likeness (QED) is 0.154. The number of benzene rings is 17. The standard InChI is InChI=1S/C100H56N4O2/c1-5-31-76-64(21-1)66-23-3-7-33-78(66)94-92(76)103-97(105-94)59-45-41-57(42-46-59)90-81-54-63(61-49-51-74-72-29-13-19-39-86(72)99(88(74)55-61)82-35-15-9-25-68(82)69-26-10-16-36-83(69)99)53-80(62-50-52-75-73-30-14-20-40-87(73)100(89(75)56-62)84-37-17-11-27-70(84)71-28-12-18-38-85(71)100)91(81)102-96(101-90)58-43-47-60(48-44-58)98-104-93-77-32-6-2-22-65(77)67-24-4-8-34-79(67)95(93)106-98/h1-56H. The van der Waals surface area contributed by atoms with Crippen LogP contribution in [0.1, 0.15) is 44.5 Å². The zero-order valence-electron chi connectivity index (χ0n) is 56.9. The average Bonchev–Trinajstić information content (AvgIpc) is 1.51. The number of hydrogen-bond donors (Lipinski definition) is 0. The molecular weight excluding hydrogens is 1290 g/mol. The van der Waals surface area contributed by atoms with Gasteiger partial charge in [0.2, 0.25) is 11.8 Å². The average molecular weight is 1350 g/mol. The summed E-state index contributed by atoms with van der Waals surface area (Å²) in [6.07, 6.45) is 0. The van der Waals surface area contributed by atoms with Crippen molar-refractivity contribution in [2.75, 3.05) is 0 Å². The predicted octanol–water partition coefficient (Wildman–Crippen LogP) is 25.2. The second-order valence-corrected chi connectivity index (χ2v) is 28.8. The molecule has 24 rings (SSSR count). The number of fused-ring (bicyclic) bond motifs is 33. The molecule has 3 heterocycles. The molecule has 0 bridgehead atoms. The Labute approximate surface area is 608 Å². The first kappa shape index (κ1) is 57.7. The summed E-state index contributed by atoms with van der Waals surface area (Å²) in [6.45, 7) is 0. The maximum atomic E-state index is 6.90. The van der Waals surface area contributed by atoms with Gasteiger partial charge in [0.05, 0.1) is 22.0 Å². The van der Waals surface area contributed by atoms with Gasteiger partial charge in [0.1, 0.15) is 11.0 Å². The van der Waals surface area contributed by atoms with E-state index in [9.17, 15) is 0 Å². The van der Waals surface area contributed by atoms with Gasteiger partial charge >= 0.3 is 0 Å². The molecule has 3 aromatic heterocycles. The topological polar surface area (TPSA) is 77.8 Å². The van der Waals surface area contributed by atoms with Crippen LogP contribution in [0.3, 0.4) is 0 Å². The summed E-state index contributed by atoms with van der Waals surface area (Å²) in [5, 5.41) is 9.65. The van der Waals surface area contributed by atoms with Crippen LogP contribution >= 0.6 is 0 Å². The molecule has 6 nitrogen and oxygen atoms in total. The molecule has 0 fully saturated rings. The van der Waals surface area contributed by atoms with E-state index >= 15 is 0 Å². The molecule has 6 heteroatoms. The minimum atomic E-state index is -0.585. The molecule has 0 radical (unpaired) electrons. The Hall–Kier alpha value is -13.9. The molecule has 0 unspecified atom stereocenters. The second-order valence-electron chi connectivity index (χ2n) is 28.8. The van der Waals surface area contributed by atoms with Crippen LogP contribution in [-0.2, 0) is 10.8 Å². The number of hydrogen-bond acceptors (Lipinski definition) is 6. The first-order chi connectivity index (χ1) is 52.5. The van der Waals surface area contributed by atoms with Gasteiger partial charge in [-0.3, -0.25) is 0 Å². The smallest absolute Gasteiger partial charge is 0.227 e. The van der Waals surface area contributed by atoms with E-state index in [-0.39, 0.29) is 0 Å². The lowest BCUT2D eigenvalue weighted by molar-refractivity contribution is 0.622. The fourth-order valence-electron chi connectivity index (χ4n) is 19.3. The number of oxazole rings is 2. The molecule has 0 aliphatic heterocycles. The van der Waals surface area contributed by atoms with Gasteiger partial charge in [-0.05, 0) is 176 Å². The summed E-state index contributed by atoms with van der Waals surface area (Å²) < 4.78 is 13.7. The molecule has 4 aliphatic carbocycles. The molecule has 2 spiro atoms. The SMILES string of the molecule is c1ccc2c(c1)-c1ccccc1C21c2ccccc2-c2ccc(-c3cc(-c4ccc5c(c4)C4(c6ccccc6-c6ccccc64)c4ccccc4-5)c4nc(-c5ccc(-c6nc7c8ccccc8c8ccccc8c7o6)cc5)nc(-c5ccc(-c6nc7c8ccccc8c8ccccc8c7o6)cc5)c4c3)cc21. The monoisotopic (exact) mass is 1340 g/mol. The third-order valence-electron chi connectivity index (χ3n) is 23.8. The summed E-state index contributed by atoms with van der Waals surface area (Å²) in [5.74, 6) is 1.68. The summed E-state index contributed by atoms with van der Waals surface area (Å²) in [4.78, 5) is 22.3. The third-order valence-corrected chi connectivity index (χ3v) is 23.8. The van der Waals surface area contributed by atoms with Gasteiger partial charge in [-0.2, -0.15) is 0 Å². The maximum Gasteiger partial charge on any atom is 0.227 e. The van der Waals surface area contributed by atoms with E-state index in [2.05, 4.69) is 340 Å². The highest BCUT2D eigenvalue weighted by atomic mass is 16.4. The minimum absolute atomic E-state index is 0.546. The predicted molar refractivity (Wildman–Crippen MR) is 430 cm³/mol. The first-order valence-corrected chi connectivity index (χ1v) is 36.4. The van der Waals surface area contributed by atoms with E-state index in [1.54, 1.807) is 0 Å². The molecule has 106 heavy (non-hydrogen) atoms. The van der Waals surface area contributed by atoms with Crippen LogP contribution in [0, 0.1) is 0 Å². The molecule has 4 aliphatic rings. The van der Waals surface area contributed by atoms with Gasteiger partial charge in [-0.15, -0.1) is 0 Å². The van der Waals surface area contributed by atoms with Gasteiger partial charge in [-0.1, -0.05) is 291 Å². The highest BCUT2D eigenvalue weighted by Gasteiger charge is 2.53. The van der Waals surface area contributed by atoms with E-state index in [0.29, 0.717) is 17.6 Å². The summed E-state index contributed by atoms with van der Waals surface area (Å²) in [6, 6.07) is 124. The molecule has 488 valence electrons. The van der Waals surface area contributed by atoms with Crippen LogP contribution < -0.4 is 0 Å². The van der Waals surface area contributed by atoms with Crippen LogP contribution in [0.25, 0.3) is 189 Å². The summed E-state index contributed by atoms with van der Waals surface area (Å²) in [5.41, 5.74) is 31.7. The molecule has 20 aromatic rings. The molecule has 0 N–H and O–H groups in total. The van der Waals surface area contributed by atoms with E-state index in [0.717, 1.165) is 126 Å². The van der Waals surface area contributed by atoms with Crippen LogP contribution in [0.15, 0.2) is 349 Å². The van der Waals surface area contributed by atoms with Gasteiger partial charge in [0.15, 0.2) is 17.0 Å². The van der Waals surface area contributed by atoms with E-state index in [1.165, 1.54) is 89.0 Å². The Morgan fingerprint density at radius 1 is 0.189 bits per heavy atom. The fourth-order valence-corrected chi connectivity index (χ4v) is 19.3. The Morgan fingerprint density at radius 3 is 0.934 bits per heavy atom. The van der Waals surface area contributed by atoms with Crippen molar-refractivity contribution in [1.82, 2.24) is 19.9 Å².